The maximum Gasteiger partial charge on any atom is 0.306 e. The van der Waals surface area contributed by atoms with Crippen molar-refractivity contribution in [2.45, 2.75) is 13.3 Å². The standard InChI is InChI=1S/C11H15NO5S/c1-8-3-4-10(13)9(7-8)12-18(15,16)6-5-11(14)17-2/h3-4,7,12-13H,5-6H2,1-2H3. The molecule has 0 aliphatic carbocycles. The van der Waals surface area contributed by atoms with Crippen molar-refractivity contribution in [2.24, 2.45) is 0 Å². The zero-order valence-electron chi connectivity index (χ0n) is 10.1. The highest BCUT2D eigenvalue weighted by molar-refractivity contribution is 7.92. The Bertz CT molecular complexity index is 538. The van der Waals surface area contributed by atoms with Crippen molar-refractivity contribution in [2.75, 3.05) is 17.6 Å². The summed E-state index contributed by atoms with van der Waals surface area (Å²) in [5.41, 5.74) is 0.901. The highest BCUT2D eigenvalue weighted by atomic mass is 32.2. The number of carbonyl (C=O) groups excluding carboxylic acids is 1. The minimum absolute atomic E-state index is 0.0971. The van der Waals surface area contributed by atoms with Crippen molar-refractivity contribution < 1.29 is 23.1 Å². The number of rotatable bonds is 5. The Labute approximate surface area is 106 Å². The summed E-state index contributed by atoms with van der Waals surface area (Å²) >= 11 is 0. The maximum atomic E-state index is 11.7. The molecule has 0 atom stereocenters. The fourth-order valence-electron chi connectivity index (χ4n) is 1.27. The molecule has 7 heteroatoms. The Kier molecular flexibility index (Phi) is 4.55. The van der Waals surface area contributed by atoms with Crippen LogP contribution in [0, 0.1) is 6.92 Å². The van der Waals surface area contributed by atoms with Crippen molar-refractivity contribution >= 4 is 21.7 Å². The number of carbonyl (C=O) groups is 1. The lowest BCUT2D eigenvalue weighted by atomic mass is 10.2. The van der Waals surface area contributed by atoms with Crippen LogP contribution in [0.25, 0.3) is 0 Å². The minimum Gasteiger partial charge on any atom is -0.506 e. The molecule has 0 radical (unpaired) electrons. The van der Waals surface area contributed by atoms with Crippen LogP contribution in [0.3, 0.4) is 0 Å². The van der Waals surface area contributed by atoms with Crippen LogP contribution in [0.2, 0.25) is 0 Å². The van der Waals surface area contributed by atoms with Gasteiger partial charge in [0, 0.05) is 0 Å². The van der Waals surface area contributed by atoms with Gasteiger partial charge in [0.25, 0.3) is 0 Å². The predicted octanol–water partition coefficient (Wildman–Crippen LogP) is 1.01. The number of hydrogen-bond donors (Lipinski definition) is 2. The molecule has 18 heavy (non-hydrogen) atoms. The maximum absolute atomic E-state index is 11.7. The normalized spacial score (nSPS) is 11.0. The summed E-state index contributed by atoms with van der Waals surface area (Å²) in [6, 6.07) is 4.56. The molecule has 0 aliphatic rings. The average Bonchev–Trinajstić information content (AvgIpc) is 2.30. The van der Waals surface area contributed by atoms with E-state index in [1.807, 2.05) is 0 Å². The Morgan fingerprint density at radius 2 is 2.11 bits per heavy atom. The second-order valence-electron chi connectivity index (χ2n) is 3.77. The van der Waals surface area contributed by atoms with Crippen molar-refractivity contribution in [3.8, 4) is 5.75 Å². The zero-order valence-corrected chi connectivity index (χ0v) is 11.0. The monoisotopic (exact) mass is 273 g/mol. The van der Waals surface area contributed by atoms with Crippen molar-refractivity contribution in [1.29, 1.82) is 0 Å². The number of aromatic hydroxyl groups is 1. The van der Waals surface area contributed by atoms with Crippen LogP contribution >= 0.6 is 0 Å². The fourth-order valence-corrected chi connectivity index (χ4v) is 2.31. The van der Waals surface area contributed by atoms with E-state index in [-0.39, 0.29) is 17.9 Å². The van der Waals surface area contributed by atoms with E-state index >= 15 is 0 Å². The number of ether oxygens (including phenoxy) is 1. The quantitative estimate of drug-likeness (QED) is 0.617. The second-order valence-corrected chi connectivity index (χ2v) is 5.61. The van der Waals surface area contributed by atoms with Crippen molar-refractivity contribution in [3.05, 3.63) is 23.8 Å². The van der Waals surface area contributed by atoms with E-state index in [0.717, 1.165) is 5.56 Å². The number of phenols is 1. The summed E-state index contributed by atoms with van der Waals surface area (Å²) in [4.78, 5) is 10.9. The molecule has 0 aromatic heterocycles. The Morgan fingerprint density at radius 3 is 2.72 bits per heavy atom. The largest absolute Gasteiger partial charge is 0.506 e. The number of nitrogens with one attached hydrogen (secondary N) is 1. The Hall–Kier alpha value is -1.76. The number of sulfonamides is 1. The molecule has 0 unspecified atom stereocenters. The number of aryl methyl sites for hydroxylation is 1. The molecule has 2 N–H and O–H groups in total. The van der Waals surface area contributed by atoms with Gasteiger partial charge in [-0.3, -0.25) is 9.52 Å². The predicted molar refractivity (Wildman–Crippen MR) is 66.9 cm³/mol. The highest BCUT2D eigenvalue weighted by Crippen LogP contribution is 2.24. The van der Waals surface area contributed by atoms with E-state index in [9.17, 15) is 18.3 Å². The molecule has 0 fully saturated rings. The molecule has 1 aromatic rings. The fraction of sp³-hybridized carbons (Fsp3) is 0.364. The van der Waals surface area contributed by atoms with Crippen molar-refractivity contribution in [1.82, 2.24) is 0 Å². The summed E-state index contributed by atoms with van der Waals surface area (Å²) in [5, 5.41) is 9.50. The minimum atomic E-state index is -3.69. The summed E-state index contributed by atoms with van der Waals surface area (Å²) < 4.78 is 29.9. The molecular weight excluding hydrogens is 258 g/mol. The highest BCUT2D eigenvalue weighted by Gasteiger charge is 2.15. The Morgan fingerprint density at radius 1 is 1.44 bits per heavy atom. The molecule has 0 amide bonds. The molecule has 0 aliphatic heterocycles. The third-order valence-corrected chi connectivity index (χ3v) is 3.49. The number of benzene rings is 1. The van der Waals surface area contributed by atoms with Gasteiger partial charge in [0.2, 0.25) is 10.0 Å². The van der Waals surface area contributed by atoms with Gasteiger partial charge >= 0.3 is 5.97 Å². The van der Waals surface area contributed by atoms with E-state index in [2.05, 4.69) is 9.46 Å². The molecule has 0 saturated carbocycles. The lowest BCUT2D eigenvalue weighted by Crippen LogP contribution is -2.19. The van der Waals surface area contributed by atoms with Crippen molar-refractivity contribution in [3.63, 3.8) is 0 Å². The Balaban J connectivity index is 2.76. The molecule has 6 nitrogen and oxygen atoms in total. The first kappa shape index (κ1) is 14.3. The van der Waals surface area contributed by atoms with E-state index in [0.29, 0.717) is 0 Å². The van der Waals surface area contributed by atoms with E-state index in [1.54, 1.807) is 13.0 Å². The van der Waals surface area contributed by atoms with Gasteiger partial charge in [-0.1, -0.05) is 6.07 Å². The molecule has 0 heterocycles. The van der Waals surface area contributed by atoms with Gasteiger partial charge in [0.05, 0.1) is 25.0 Å². The molecule has 0 spiro atoms. The first-order valence-electron chi connectivity index (χ1n) is 5.21. The van der Waals surface area contributed by atoms with E-state index in [4.69, 9.17) is 0 Å². The lowest BCUT2D eigenvalue weighted by molar-refractivity contribution is -0.140. The topological polar surface area (TPSA) is 92.7 Å². The molecule has 1 aromatic carbocycles. The van der Waals surface area contributed by atoms with Gasteiger partial charge in [0.1, 0.15) is 5.75 Å². The average molecular weight is 273 g/mol. The smallest absolute Gasteiger partial charge is 0.306 e. The van der Waals surface area contributed by atoms with E-state index < -0.39 is 21.7 Å². The van der Waals surface area contributed by atoms with Gasteiger partial charge in [-0.15, -0.1) is 0 Å². The lowest BCUT2D eigenvalue weighted by Gasteiger charge is -2.09. The number of phenolic OH excluding ortho intramolecular Hbond substituents is 1. The van der Waals surface area contributed by atoms with E-state index in [1.165, 1.54) is 19.2 Å². The summed E-state index contributed by atoms with van der Waals surface area (Å²) in [7, 11) is -2.50. The molecule has 1 rings (SSSR count). The summed E-state index contributed by atoms with van der Waals surface area (Å²) in [6.07, 6.45) is -0.238. The summed E-state index contributed by atoms with van der Waals surface area (Å²) in [6.45, 7) is 1.77. The number of anilines is 1. The molecule has 0 bridgehead atoms. The third-order valence-electron chi connectivity index (χ3n) is 2.22. The number of esters is 1. The first-order valence-corrected chi connectivity index (χ1v) is 6.86. The first-order chi connectivity index (χ1) is 8.34. The summed E-state index contributed by atoms with van der Waals surface area (Å²) in [5.74, 6) is -1.16. The van der Waals surface area contributed by atoms with Crippen LogP contribution in [0.1, 0.15) is 12.0 Å². The molecular formula is C11H15NO5S. The number of hydrogen-bond acceptors (Lipinski definition) is 5. The van der Waals surface area contributed by atoms with Crippen LogP contribution in [0.4, 0.5) is 5.69 Å². The van der Waals surface area contributed by atoms with Gasteiger partial charge in [-0.05, 0) is 24.6 Å². The van der Waals surface area contributed by atoms with Gasteiger partial charge < -0.3 is 9.84 Å². The third kappa shape index (κ3) is 4.25. The SMILES string of the molecule is COC(=O)CCS(=O)(=O)Nc1cc(C)ccc1O. The number of methoxy groups -OCH3 is 1. The van der Waals surface area contributed by atoms with Gasteiger partial charge in [-0.2, -0.15) is 0 Å². The van der Waals surface area contributed by atoms with Crippen LogP contribution in [-0.2, 0) is 19.6 Å². The van der Waals surface area contributed by atoms with Crippen LogP contribution < -0.4 is 4.72 Å². The van der Waals surface area contributed by atoms with Crippen LogP contribution in [0.5, 0.6) is 5.75 Å². The molecule has 100 valence electrons. The van der Waals surface area contributed by atoms with Gasteiger partial charge in [0.15, 0.2) is 0 Å². The van der Waals surface area contributed by atoms with Crippen LogP contribution in [0.15, 0.2) is 18.2 Å². The molecule has 0 saturated heterocycles. The van der Waals surface area contributed by atoms with Gasteiger partial charge in [-0.25, -0.2) is 8.42 Å². The second kappa shape index (κ2) is 5.72. The zero-order chi connectivity index (χ0) is 13.8. The van der Waals surface area contributed by atoms with Crippen LogP contribution in [-0.4, -0.2) is 32.4 Å².